The first-order chi connectivity index (χ1) is 9.24. The van der Waals surface area contributed by atoms with E-state index in [9.17, 15) is 0 Å². The van der Waals surface area contributed by atoms with Crippen LogP contribution >= 0.6 is 0 Å². The predicted molar refractivity (Wildman–Crippen MR) is 79.0 cm³/mol. The van der Waals surface area contributed by atoms with Crippen LogP contribution in [0.25, 0.3) is 10.9 Å². The Labute approximate surface area is 112 Å². The van der Waals surface area contributed by atoms with E-state index in [1.165, 1.54) is 5.56 Å². The number of hydrogen-bond donors (Lipinski definition) is 1. The van der Waals surface area contributed by atoms with Crippen molar-refractivity contribution in [3.8, 4) is 0 Å². The van der Waals surface area contributed by atoms with Crippen LogP contribution in [0.1, 0.15) is 22.7 Å². The van der Waals surface area contributed by atoms with Crippen LogP contribution in [-0.4, -0.2) is 4.98 Å². The Bertz CT molecular complexity index is 702. The second-order valence-corrected chi connectivity index (χ2v) is 4.85. The van der Waals surface area contributed by atoms with Gasteiger partial charge in [-0.1, -0.05) is 48.0 Å². The highest BCUT2D eigenvalue weighted by atomic mass is 14.7. The van der Waals surface area contributed by atoms with Gasteiger partial charge in [-0.15, -0.1) is 0 Å². The molecule has 2 nitrogen and oxygen atoms in total. The van der Waals surface area contributed by atoms with E-state index in [0.29, 0.717) is 0 Å². The van der Waals surface area contributed by atoms with Gasteiger partial charge in [0.2, 0.25) is 0 Å². The first-order valence-electron chi connectivity index (χ1n) is 6.41. The van der Waals surface area contributed by atoms with Crippen molar-refractivity contribution in [1.82, 2.24) is 4.98 Å². The third-order valence-electron chi connectivity index (χ3n) is 3.41. The lowest BCUT2D eigenvalue weighted by molar-refractivity contribution is 0.866. The highest BCUT2D eigenvalue weighted by Gasteiger charge is 2.09. The van der Waals surface area contributed by atoms with Crippen molar-refractivity contribution in [2.75, 3.05) is 0 Å². The molecule has 0 radical (unpaired) electrons. The summed E-state index contributed by atoms with van der Waals surface area (Å²) in [6.07, 6.45) is 1.87. The monoisotopic (exact) mass is 248 g/mol. The Morgan fingerprint density at radius 3 is 2.47 bits per heavy atom. The van der Waals surface area contributed by atoms with Crippen LogP contribution in [0.5, 0.6) is 0 Å². The van der Waals surface area contributed by atoms with Gasteiger partial charge in [-0.25, -0.2) is 0 Å². The molecule has 1 aromatic heterocycles. The van der Waals surface area contributed by atoms with Crippen molar-refractivity contribution in [3.63, 3.8) is 0 Å². The van der Waals surface area contributed by atoms with Crippen LogP contribution in [0, 0.1) is 6.92 Å². The van der Waals surface area contributed by atoms with Gasteiger partial charge in [0, 0.05) is 11.6 Å². The summed E-state index contributed by atoms with van der Waals surface area (Å²) in [5.74, 6) is 0. The largest absolute Gasteiger partial charge is 0.320 e. The third kappa shape index (κ3) is 2.35. The molecule has 0 aliphatic rings. The maximum absolute atomic E-state index is 6.32. The Hall–Kier alpha value is -2.19. The van der Waals surface area contributed by atoms with Gasteiger partial charge in [0.05, 0.1) is 11.6 Å². The molecule has 1 atom stereocenters. The molecule has 0 aliphatic carbocycles. The summed E-state index contributed by atoms with van der Waals surface area (Å²) in [5.41, 5.74) is 10.7. The van der Waals surface area contributed by atoms with Gasteiger partial charge < -0.3 is 5.73 Å². The van der Waals surface area contributed by atoms with Gasteiger partial charge in [0.25, 0.3) is 0 Å². The van der Waals surface area contributed by atoms with Crippen molar-refractivity contribution in [3.05, 3.63) is 77.5 Å². The lowest BCUT2D eigenvalue weighted by Crippen LogP contribution is -2.12. The fourth-order valence-corrected chi connectivity index (χ4v) is 2.22. The number of pyridine rings is 1. The summed E-state index contributed by atoms with van der Waals surface area (Å²) in [6, 6.07) is 18.4. The molecule has 94 valence electrons. The molecule has 2 heteroatoms. The zero-order valence-corrected chi connectivity index (χ0v) is 10.9. The van der Waals surface area contributed by atoms with Crippen molar-refractivity contribution in [1.29, 1.82) is 0 Å². The van der Waals surface area contributed by atoms with Crippen molar-refractivity contribution in [2.45, 2.75) is 13.0 Å². The normalized spacial score (nSPS) is 12.5. The minimum Gasteiger partial charge on any atom is -0.320 e. The number of hydrogen-bond acceptors (Lipinski definition) is 2. The van der Waals surface area contributed by atoms with Gasteiger partial charge in [-0.05, 0) is 30.2 Å². The SMILES string of the molecule is Cc1ccc(C(N)c2cnc3ccccc3c2)cc1. The van der Waals surface area contributed by atoms with E-state index in [1.807, 2.05) is 24.4 Å². The molecule has 0 amide bonds. The van der Waals surface area contributed by atoms with E-state index in [-0.39, 0.29) is 6.04 Å². The van der Waals surface area contributed by atoms with E-state index in [4.69, 9.17) is 5.73 Å². The average molecular weight is 248 g/mol. The topological polar surface area (TPSA) is 38.9 Å². The van der Waals surface area contributed by atoms with Crippen LogP contribution < -0.4 is 5.73 Å². The summed E-state index contributed by atoms with van der Waals surface area (Å²) < 4.78 is 0. The molecular formula is C17H16N2. The van der Waals surface area contributed by atoms with E-state index in [2.05, 4.69) is 48.3 Å². The number of nitrogens with zero attached hydrogens (tertiary/aromatic N) is 1. The fraction of sp³-hybridized carbons (Fsp3) is 0.118. The molecular weight excluding hydrogens is 232 g/mol. The van der Waals surface area contributed by atoms with Gasteiger partial charge in [0.1, 0.15) is 0 Å². The maximum Gasteiger partial charge on any atom is 0.0702 e. The standard InChI is InChI=1S/C17H16N2/c1-12-6-8-13(9-7-12)17(18)15-10-14-4-2-3-5-16(14)19-11-15/h2-11,17H,18H2,1H3. The summed E-state index contributed by atoms with van der Waals surface area (Å²) in [6.45, 7) is 2.08. The highest BCUT2D eigenvalue weighted by Crippen LogP contribution is 2.22. The van der Waals surface area contributed by atoms with Crippen LogP contribution in [0.2, 0.25) is 0 Å². The molecule has 0 saturated carbocycles. The van der Waals surface area contributed by atoms with Gasteiger partial charge in [-0.2, -0.15) is 0 Å². The van der Waals surface area contributed by atoms with Crippen molar-refractivity contribution >= 4 is 10.9 Å². The molecule has 0 fully saturated rings. The number of aryl methyl sites for hydroxylation is 1. The van der Waals surface area contributed by atoms with Gasteiger partial charge >= 0.3 is 0 Å². The van der Waals surface area contributed by atoms with Crippen molar-refractivity contribution < 1.29 is 0 Å². The number of fused-ring (bicyclic) bond motifs is 1. The smallest absolute Gasteiger partial charge is 0.0702 e. The zero-order chi connectivity index (χ0) is 13.2. The van der Waals surface area contributed by atoms with Crippen LogP contribution in [0.3, 0.4) is 0 Å². The second-order valence-electron chi connectivity index (χ2n) is 4.85. The summed E-state index contributed by atoms with van der Waals surface area (Å²) in [5, 5.41) is 1.13. The molecule has 3 rings (SSSR count). The lowest BCUT2D eigenvalue weighted by atomic mass is 9.99. The quantitative estimate of drug-likeness (QED) is 0.752. The predicted octanol–water partition coefficient (Wildman–Crippen LogP) is 3.59. The third-order valence-corrected chi connectivity index (χ3v) is 3.41. The Morgan fingerprint density at radius 2 is 1.68 bits per heavy atom. The summed E-state index contributed by atoms with van der Waals surface area (Å²) >= 11 is 0. The summed E-state index contributed by atoms with van der Waals surface area (Å²) in [7, 11) is 0. The van der Waals surface area contributed by atoms with Crippen LogP contribution in [0.4, 0.5) is 0 Å². The second kappa shape index (κ2) is 4.82. The molecule has 19 heavy (non-hydrogen) atoms. The van der Waals surface area contributed by atoms with Crippen LogP contribution in [0.15, 0.2) is 60.8 Å². The van der Waals surface area contributed by atoms with Crippen LogP contribution in [-0.2, 0) is 0 Å². The molecule has 2 N–H and O–H groups in total. The molecule has 0 aliphatic heterocycles. The molecule has 1 unspecified atom stereocenters. The molecule has 0 saturated heterocycles. The van der Waals surface area contributed by atoms with E-state index >= 15 is 0 Å². The van der Waals surface area contributed by atoms with Gasteiger partial charge in [0.15, 0.2) is 0 Å². The number of benzene rings is 2. The Kier molecular flexibility index (Phi) is 3.02. The Morgan fingerprint density at radius 1 is 0.947 bits per heavy atom. The van der Waals surface area contributed by atoms with E-state index in [1.54, 1.807) is 0 Å². The Balaban J connectivity index is 2.01. The number of para-hydroxylation sites is 1. The van der Waals surface area contributed by atoms with Crippen molar-refractivity contribution in [2.24, 2.45) is 5.73 Å². The molecule has 1 heterocycles. The minimum atomic E-state index is -0.127. The molecule has 3 aromatic rings. The molecule has 0 spiro atoms. The lowest BCUT2D eigenvalue weighted by Gasteiger charge is -2.13. The zero-order valence-electron chi connectivity index (χ0n) is 10.9. The first-order valence-corrected chi connectivity index (χ1v) is 6.41. The number of aromatic nitrogens is 1. The first kappa shape index (κ1) is 11.9. The minimum absolute atomic E-state index is 0.127. The average Bonchev–Trinajstić information content (AvgIpc) is 2.47. The summed E-state index contributed by atoms with van der Waals surface area (Å²) in [4.78, 5) is 4.47. The molecule has 2 aromatic carbocycles. The van der Waals surface area contributed by atoms with E-state index in [0.717, 1.165) is 22.0 Å². The number of rotatable bonds is 2. The molecule has 0 bridgehead atoms. The number of nitrogens with two attached hydrogens (primary N) is 1. The van der Waals surface area contributed by atoms with E-state index < -0.39 is 0 Å². The van der Waals surface area contributed by atoms with Gasteiger partial charge in [-0.3, -0.25) is 4.98 Å². The highest BCUT2D eigenvalue weighted by molar-refractivity contribution is 5.78. The maximum atomic E-state index is 6.32. The fourth-order valence-electron chi connectivity index (χ4n) is 2.22.